The second-order valence-corrected chi connectivity index (χ2v) is 14.5. The van der Waals surface area contributed by atoms with Gasteiger partial charge in [0, 0.05) is 38.4 Å². The van der Waals surface area contributed by atoms with Gasteiger partial charge in [0.25, 0.3) is 0 Å². The summed E-state index contributed by atoms with van der Waals surface area (Å²) in [7, 11) is 0. The van der Waals surface area contributed by atoms with Crippen LogP contribution in [0.15, 0.2) is 192 Å². The van der Waals surface area contributed by atoms with Crippen LogP contribution in [0, 0.1) is 0 Å². The summed E-state index contributed by atoms with van der Waals surface area (Å²) in [6.07, 6.45) is 0. The van der Waals surface area contributed by atoms with Crippen molar-refractivity contribution in [2.24, 2.45) is 0 Å². The molecule has 3 aromatic heterocycles. The minimum atomic E-state index is 0.661. The molecule has 0 atom stereocenters. The molecule has 0 spiro atoms. The lowest BCUT2D eigenvalue weighted by Gasteiger charge is -2.14. The maximum absolute atomic E-state index is 6.52. The zero-order valence-corrected chi connectivity index (χ0v) is 30.1. The van der Waals surface area contributed by atoms with Crippen LogP contribution in [0.25, 0.3) is 116 Å². The smallest absolute Gasteiger partial charge is 0.180 e. The maximum atomic E-state index is 6.52. The van der Waals surface area contributed by atoms with E-state index < -0.39 is 0 Å². The van der Waals surface area contributed by atoms with Crippen LogP contribution in [0.3, 0.4) is 0 Å². The first kappa shape index (κ1) is 30.9. The van der Waals surface area contributed by atoms with Crippen molar-refractivity contribution < 1.29 is 4.42 Å². The molecule has 56 heavy (non-hydrogen) atoms. The summed E-state index contributed by atoms with van der Waals surface area (Å²) in [5.41, 5.74) is 13.2. The number of fused-ring (bicyclic) bond motifs is 6. The summed E-state index contributed by atoms with van der Waals surface area (Å²) in [5.74, 6) is 0.661. The quantitative estimate of drug-likeness (QED) is 0.167. The highest BCUT2D eigenvalue weighted by atomic mass is 16.3. The Hall–Kier alpha value is -7.56. The molecule has 12 rings (SSSR count). The average Bonchev–Trinajstić information content (AvgIpc) is 3.82. The van der Waals surface area contributed by atoms with Crippen LogP contribution in [-0.4, -0.2) is 14.5 Å². The second kappa shape index (κ2) is 12.0. The molecule has 3 heterocycles. The van der Waals surface area contributed by atoms with E-state index in [4.69, 9.17) is 14.4 Å². The van der Waals surface area contributed by atoms with E-state index in [1.54, 1.807) is 0 Å². The summed E-state index contributed by atoms with van der Waals surface area (Å²) < 4.78 is 8.94. The number of furan rings is 1. The number of hydrogen-bond acceptors (Lipinski definition) is 3. The van der Waals surface area contributed by atoms with E-state index in [1.165, 1.54) is 48.9 Å². The van der Waals surface area contributed by atoms with Gasteiger partial charge in [0.15, 0.2) is 11.4 Å². The fraction of sp³-hybridized carbons (Fsp3) is 0. The molecule has 12 aromatic rings. The largest absolute Gasteiger partial charge is 0.452 e. The summed E-state index contributed by atoms with van der Waals surface area (Å²) in [6, 6.07) is 66.6. The predicted octanol–water partition coefficient (Wildman–Crippen LogP) is 13.9. The zero-order chi connectivity index (χ0) is 36.7. The molecule has 260 valence electrons. The molecule has 9 aromatic carbocycles. The first-order valence-electron chi connectivity index (χ1n) is 19.0. The van der Waals surface area contributed by atoms with Gasteiger partial charge in [-0.3, -0.25) is 0 Å². The first-order valence-corrected chi connectivity index (χ1v) is 19.0. The van der Waals surface area contributed by atoms with Gasteiger partial charge in [0.05, 0.1) is 11.0 Å². The molecule has 4 nitrogen and oxygen atoms in total. The van der Waals surface area contributed by atoms with Crippen LogP contribution in [0.1, 0.15) is 0 Å². The van der Waals surface area contributed by atoms with Crippen LogP contribution in [0.4, 0.5) is 0 Å². The molecular weight excluding hydrogens is 683 g/mol. The van der Waals surface area contributed by atoms with E-state index in [9.17, 15) is 0 Å². The lowest BCUT2D eigenvalue weighted by Crippen LogP contribution is -1.94. The minimum Gasteiger partial charge on any atom is -0.452 e. The van der Waals surface area contributed by atoms with Crippen molar-refractivity contribution in [1.82, 2.24) is 14.5 Å². The number of benzene rings is 9. The highest BCUT2D eigenvalue weighted by Gasteiger charge is 2.23. The number of para-hydroxylation sites is 1. The van der Waals surface area contributed by atoms with Crippen molar-refractivity contribution >= 4 is 65.4 Å². The van der Waals surface area contributed by atoms with Crippen LogP contribution in [-0.2, 0) is 0 Å². The van der Waals surface area contributed by atoms with Crippen molar-refractivity contribution in [3.05, 3.63) is 188 Å². The van der Waals surface area contributed by atoms with E-state index in [2.05, 4.69) is 162 Å². The number of nitrogens with zero attached hydrogens (tertiary/aromatic N) is 3. The first-order chi connectivity index (χ1) is 27.8. The zero-order valence-electron chi connectivity index (χ0n) is 30.1. The van der Waals surface area contributed by atoms with Gasteiger partial charge in [-0.1, -0.05) is 152 Å². The summed E-state index contributed by atoms with van der Waals surface area (Å²) in [4.78, 5) is 10.4. The Bertz CT molecular complexity index is 3440. The van der Waals surface area contributed by atoms with Crippen LogP contribution in [0.2, 0.25) is 0 Å². The summed E-state index contributed by atoms with van der Waals surface area (Å²) in [6.45, 7) is 0. The van der Waals surface area contributed by atoms with Crippen LogP contribution >= 0.6 is 0 Å². The van der Waals surface area contributed by atoms with Gasteiger partial charge < -0.3 is 8.98 Å². The lowest BCUT2D eigenvalue weighted by atomic mass is 9.89. The molecule has 0 unspecified atom stereocenters. The Morgan fingerprint density at radius 1 is 0.393 bits per heavy atom. The molecular formula is C52H31N3O. The van der Waals surface area contributed by atoms with E-state index in [-0.39, 0.29) is 0 Å². The average molecular weight is 714 g/mol. The number of aromatic nitrogens is 3. The van der Waals surface area contributed by atoms with Crippen molar-refractivity contribution in [3.8, 4) is 50.6 Å². The molecule has 0 radical (unpaired) electrons. The summed E-state index contributed by atoms with van der Waals surface area (Å²) >= 11 is 0. The second-order valence-electron chi connectivity index (χ2n) is 14.5. The van der Waals surface area contributed by atoms with Gasteiger partial charge in [0.2, 0.25) is 0 Å². The normalized spacial score (nSPS) is 11.9. The monoisotopic (exact) mass is 713 g/mol. The van der Waals surface area contributed by atoms with Gasteiger partial charge in [-0.2, -0.15) is 0 Å². The van der Waals surface area contributed by atoms with Gasteiger partial charge in [-0.15, -0.1) is 0 Å². The third kappa shape index (κ3) is 4.53. The Morgan fingerprint density at radius 3 is 1.80 bits per heavy atom. The van der Waals surface area contributed by atoms with Crippen LogP contribution in [0.5, 0.6) is 0 Å². The van der Waals surface area contributed by atoms with E-state index >= 15 is 0 Å². The molecule has 0 aliphatic rings. The molecule has 0 saturated heterocycles. The molecule has 0 aliphatic carbocycles. The summed E-state index contributed by atoms with van der Waals surface area (Å²) in [5, 5.41) is 8.64. The number of rotatable bonds is 5. The molecule has 4 heteroatoms. The maximum Gasteiger partial charge on any atom is 0.180 e. The van der Waals surface area contributed by atoms with Crippen molar-refractivity contribution in [2.45, 2.75) is 0 Å². The topological polar surface area (TPSA) is 43.9 Å². The molecule has 0 bridgehead atoms. The number of hydrogen-bond donors (Lipinski definition) is 0. The Labute approximate surface area is 321 Å². The van der Waals surface area contributed by atoms with E-state index in [0.29, 0.717) is 11.4 Å². The van der Waals surface area contributed by atoms with Crippen LogP contribution < -0.4 is 0 Å². The van der Waals surface area contributed by atoms with Crippen molar-refractivity contribution in [1.29, 1.82) is 0 Å². The molecule has 0 N–H and O–H groups in total. The van der Waals surface area contributed by atoms with Gasteiger partial charge in [-0.25, -0.2) is 9.97 Å². The minimum absolute atomic E-state index is 0.661. The Balaban J connectivity index is 1.06. The molecule has 0 aliphatic heterocycles. The fourth-order valence-corrected chi connectivity index (χ4v) is 8.86. The highest BCUT2D eigenvalue weighted by Crippen LogP contribution is 2.47. The third-order valence-corrected chi connectivity index (χ3v) is 11.4. The van der Waals surface area contributed by atoms with Gasteiger partial charge >= 0.3 is 0 Å². The highest BCUT2D eigenvalue weighted by molar-refractivity contribution is 6.36. The molecule has 0 fully saturated rings. The fourth-order valence-electron chi connectivity index (χ4n) is 8.86. The third-order valence-electron chi connectivity index (χ3n) is 11.4. The lowest BCUT2D eigenvalue weighted by molar-refractivity contribution is 0.667. The Morgan fingerprint density at radius 2 is 1.02 bits per heavy atom. The predicted molar refractivity (Wildman–Crippen MR) is 232 cm³/mol. The van der Waals surface area contributed by atoms with E-state index in [1.807, 2.05) is 30.3 Å². The van der Waals surface area contributed by atoms with E-state index in [0.717, 1.165) is 55.7 Å². The van der Waals surface area contributed by atoms with Gasteiger partial charge in [-0.05, 0) is 74.8 Å². The van der Waals surface area contributed by atoms with Gasteiger partial charge in [0.1, 0.15) is 16.8 Å². The molecule has 0 saturated carbocycles. The molecule has 0 amide bonds. The SMILES string of the molecule is c1ccc(-c2ccc3oc4c(-c5ccccc5)nc(-c5ccc(-c6ccc7c8c6c6ccccc6c6cccc(c68)n7-c6ccccc6)cc5)nc4c3c2)cc1. The van der Waals surface area contributed by atoms with Crippen molar-refractivity contribution in [2.75, 3.05) is 0 Å². The Kier molecular flexibility index (Phi) is 6.60. The van der Waals surface area contributed by atoms with Crippen molar-refractivity contribution in [3.63, 3.8) is 0 Å². The standard InChI is InChI=1S/C52H31N3O/c1-4-13-32(14-5-1)36-27-30-45-42(31-36)50-51(56-45)49(34-15-6-2-7-16-34)53-52(54-50)35-25-23-33(24-26-35)38-28-29-44-48-46(38)40-20-11-10-19-39(40)41-21-12-22-43(47(41)48)55(44)37-17-8-3-9-18-37/h1-31H.